The van der Waals surface area contributed by atoms with Crippen LogP contribution in [0.1, 0.15) is 109 Å². The third-order valence-electron chi connectivity index (χ3n) is 13.2. The lowest BCUT2D eigenvalue weighted by Gasteiger charge is -2.50. The van der Waals surface area contributed by atoms with E-state index in [4.69, 9.17) is 42.6 Å². The van der Waals surface area contributed by atoms with Crippen LogP contribution in [0.3, 0.4) is 0 Å². The number of carbonyl (C=O) groups excluding carboxylic acids is 4. The molecule has 1 aromatic rings. The first-order valence-corrected chi connectivity index (χ1v) is 21.6. The van der Waals surface area contributed by atoms with Crippen LogP contribution in [-0.4, -0.2) is 139 Å². The molecule has 0 aromatic carbocycles. The second-order valence-electron chi connectivity index (χ2n) is 18.4. The molecular weight excluding hydrogens is 791 g/mol. The minimum Gasteiger partial charge on any atom is -0.457 e. The van der Waals surface area contributed by atoms with E-state index in [-0.39, 0.29) is 43.1 Å². The number of ether oxygens (including phenoxy) is 9. The van der Waals surface area contributed by atoms with E-state index in [1.807, 2.05) is 55.6 Å². The third kappa shape index (κ3) is 11.5. The van der Waals surface area contributed by atoms with Gasteiger partial charge in [-0.3, -0.25) is 14.4 Å². The molecular formula is C45H73N3O13. The Kier molecular flexibility index (Phi) is 16.9. The van der Waals surface area contributed by atoms with Crippen LogP contribution in [0.2, 0.25) is 0 Å². The first kappa shape index (κ1) is 50.4. The molecule has 0 N–H and O–H groups in total. The zero-order chi connectivity index (χ0) is 45.8. The Bertz CT molecular complexity index is 1690. The van der Waals surface area contributed by atoms with Crippen LogP contribution in [0.15, 0.2) is 30.4 Å². The van der Waals surface area contributed by atoms with Gasteiger partial charge >= 0.3 is 18.0 Å². The standard InChI is InChI=1S/C45H73N3O13/c1-17-34-43(10,61-42(52)48-19-18-46-24-48)21-25(2)36(50)26(3)22-44(11,53-15)38(60-41-28(5)33(47(13)14)20-27(4)55-41)29(6)37(30(7)40(51)58-34)59-35-23-45(12,54-16)39(31(8)56-35)57-32(9)49/h18-19,21,24,26-31,33-35,37-39,41H,17,20,22-23H2,1-16H3/b25-21+/t26-,27-,28-,29+,30-,31+,33+,34-,35?,37+,38-,39+,41?,43+,44+,45-/m1/s1. The van der Waals surface area contributed by atoms with Gasteiger partial charge in [0.05, 0.1) is 35.9 Å². The maximum atomic E-state index is 14.7. The molecule has 16 atom stereocenters. The fraction of sp³-hybridized carbons (Fsp3) is 0.800. The molecule has 61 heavy (non-hydrogen) atoms. The first-order valence-electron chi connectivity index (χ1n) is 21.6. The van der Waals surface area contributed by atoms with Crippen molar-refractivity contribution in [2.75, 3.05) is 28.3 Å². The monoisotopic (exact) mass is 864 g/mol. The predicted octanol–water partition coefficient (Wildman–Crippen LogP) is 6.12. The minimum absolute atomic E-state index is 0.0743. The molecule has 2 saturated heterocycles. The van der Waals surface area contributed by atoms with E-state index in [9.17, 15) is 19.2 Å². The number of esters is 2. The van der Waals surface area contributed by atoms with Gasteiger partial charge in [-0.2, -0.15) is 0 Å². The molecule has 16 heteroatoms. The number of nitrogens with zero attached hydrogens (tertiary/aromatic N) is 3. The van der Waals surface area contributed by atoms with Crippen LogP contribution >= 0.6 is 0 Å². The highest BCUT2D eigenvalue weighted by atomic mass is 16.7. The number of ketones is 1. The van der Waals surface area contributed by atoms with Crippen LogP contribution < -0.4 is 0 Å². The number of rotatable bonds is 10. The summed E-state index contributed by atoms with van der Waals surface area (Å²) < 4.78 is 58.8. The van der Waals surface area contributed by atoms with Crippen LogP contribution in [0, 0.1) is 23.7 Å². The summed E-state index contributed by atoms with van der Waals surface area (Å²) in [5.74, 6) is -3.65. The van der Waals surface area contributed by atoms with Crippen molar-refractivity contribution in [3.05, 3.63) is 30.4 Å². The lowest BCUT2D eigenvalue weighted by atomic mass is 9.76. The summed E-state index contributed by atoms with van der Waals surface area (Å²) in [7, 11) is 7.20. The number of Topliss-reactive ketones (excluding diaryl/α,β-unsaturated/α-hetero) is 1. The number of methoxy groups -OCH3 is 2. The van der Waals surface area contributed by atoms with E-state index in [0.717, 1.165) is 6.42 Å². The molecule has 0 amide bonds. The van der Waals surface area contributed by atoms with Crippen molar-refractivity contribution in [1.29, 1.82) is 0 Å². The molecule has 2 unspecified atom stereocenters. The Balaban J connectivity index is 1.89. The van der Waals surface area contributed by atoms with E-state index < -0.39 is 95.7 Å². The van der Waals surface area contributed by atoms with Crippen molar-refractivity contribution in [1.82, 2.24) is 14.5 Å². The summed E-state index contributed by atoms with van der Waals surface area (Å²) in [5.41, 5.74) is -3.44. The summed E-state index contributed by atoms with van der Waals surface area (Å²) in [6.07, 6.45) is 0.385. The lowest BCUT2D eigenvalue weighted by Crippen LogP contribution is -2.60. The van der Waals surface area contributed by atoms with Crippen molar-refractivity contribution >= 4 is 23.8 Å². The first-order chi connectivity index (χ1) is 28.4. The largest absolute Gasteiger partial charge is 0.457 e. The average Bonchev–Trinajstić information content (AvgIpc) is 3.74. The van der Waals surface area contributed by atoms with Crippen molar-refractivity contribution < 1.29 is 61.8 Å². The van der Waals surface area contributed by atoms with Crippen LogP contribution in [0.25, 0.3) is 0 Å². The molecule has 16 nitrogen and oxygen atoms in total. The number of hydrogen-bond acceptors (Lipinski definition) is 15. The maximum absolute atomic E-state index is 14.7. The molecule has 4 rings (SSSR count). The fourth-order valence-electron chi connectivity index (χ4n) is 9.67. The van der Waals surface area contributed by atoms with Crippen LogP contribution in [0.5, 0.6) is 0 Å². The van der Waals surface area contributed by atoms with Gasteiger partial charge in [-0.15, -0.1) is 0 Å². The zero-order valence-corrected chi connectivity index (χ0v) is 39.3. The van der Waals surface area contributed by atoms with E-state index in [0.29, 0.717) is 5.57 Å². The molecule has 346 valence electrons. The summed E-state index contributed by atoms with van der Waals surface area (Å²) in [5, 5.41) is 0. The van der Waals surface area contributed by atoms with Gasteiger partial charge in [0.25, 0.3) is 0 Å². The molecule has 3 aliphatic heterocycles. The zero-order valence-electron chi connectivity index (χ0n) is 39.3. The third-order valence-corrected chi connectivity index (χ3v) is 13.2. The fourth-order valence-corrected chi connectivity index (χ4v) is 9.67. The summed E-state index contributed by atoms with van der Waals surface area (Å²) in [6.45, 7) is 21.5. The predicted molar refractivity (Wildman–Crippen MR) is 224 cm³/mol. The van der Waals surface area contributed by atoms with Gasteiger partial charge < -0.3 is 47.5 Å². The second kappa shape index (κ2) is 20.5. The SMILES string of the molecule is CC[C@H]1OC(=O)[C@H](C)[C@@H](OC2C[C@@](C)(OC)[C@@H](OC(C)=O)[C@H](C)O2)[C@H](C)[C@@H](OC2O[C@H](C)C[C@H](N(C)C)[C@H]2C)[C@@](C)(OC)C[C@@H](C)C(=O)/C(C)=C/[C@]1(C)OC(=O)n1ccnc1. The van der Waals surface area contributed by atoms with Gasteiger partial charge in [-0.1, -0.05) is 27.7 Å². The molecule has 4 heterocycles. The molecule has 0 aliphatic carbocycles. The molecule has 1 aromatic heterocycles. The van der Waals surface area contributed by atoms with E-state index >= 15 is 0 Å². The number of allylic oxidation sites excluding steroid dienone is 1. The molecule has 0 bridgehead atoms. The highest BCUT2D eigenvalue weighted by Gasteiger charge is 2.53. The van der Waals surface area contributed by atoms with E-state index in [1.54, 1.807) is 40.9 Å². The molecule has 3 aliphatic rings. The summed E-state index contributed by atoms with van der Waals surface area (Å²) >= 11 is 0. The van der Waals surface area contributed by atoms with Crippen molar-refractivity contribution in [2.24, 2.45) is 23.7 Å². The topological polar surface area (TPSA) is 172 Å². The quantitative estimate of drug-likeness (QED) is 0.194. The smallest absolute Gasteiger partial charge is 0.420 e. The van der Waals surface area contributed by atoms with Crippen molar-refractivity contribution in [3.63, 3.8) is 0 Å². The molecule has 0 radical (unpaired) electrons. The Hall–Kier alpha value is -3.25. The maximum Gasteiger partial charge on any atom is 0.420 e. The van der Waals surface area contributed by atoms with Gasteiger partial charge in [0, 0.05) is 63.8 Å². The molecule has 0 saturated carbocycles. The number of imidazole rings is 1. The van der Waals surface area contributed by atoms with Crippen LogP contribution in [0.4, 0.5) is 4.79 Å². The summed E-state index contributed by atoms with van der Waals surface area (Å²) in [6, 6.07) is 0.141. The van der Waals surface area contributed by atoms with Gasteiger partial charge in [-0.05, 0) is 93.5 Å². The van der Waals surface area contributed by atoms with Gasteiger partial charge in [-0.25, -0.2) is 14.3 Å². The Labute approximate surface area is 362 Å². The van der Waals surface area contributed by atoms with Gasteiger partial charge in [0.2, 0.25) is 0 Å². The lowest BCUT2D eigenvalue weighted by molar-refractivity contribution is -0.315. The molecule has 2 fully saturated rings. The molecule has 0 spiro atoms. The second-order valence-corrected chi connectivity index (χ2v) is 18.4. The highest BCUT2D eigenvalue weighted by Crippen LogP contribution is 2.42. The Morgan fingerprint density at radius 2 is 1.57 bits per heavy atom. The van der Waals surface area contributed by atoms with Crippen molar-refractivity contribution in [2.45, 2.75) is 181 Å². The Morgan fingerprint density at radius 3 is 2.13 bits per heavy atom. The van der Waals surface area contributed by atoms with Gasteiger partial charge in [0.1, 0.15) is 18.0 Å². The van der Waals surface area contributed by atoms with Crippen molar-refractivity contribution in [3.8, 4) is 0 Å². The number of aromatic nitrogens is 2. The number of carbonyl (C=O) groups is 4. The van der Waals surface area contributed by atoms with E-state index in [1.165, 1.54) is 37.3 Å². The normalized spacial score (nSPS) is 41.6. The Morgan fingerprint density at radius 1 is 0.934 bits per heavy atom. The number of hydrogen-bond donors (Lipinski definition) is 0. The van der Waals surface area contributed by atoms with E-state index in [2.05, 4.69) is 16.8 Å². The highest BCUT2D eigenvalue weighted by molar-refractivity contribution is 5.96. The minimum atomic E-state index is -1.59. The van der Waals surface area contributed by atoms with Gasteiger partial charge in [0.15, 0.2) is 30.1 Å². The van der Waals surface area contributed by atoms with Crippen LogP contribution in [-0.2, 0) is 57.0 Å². The summed E-state index contributed by atoms with van der Waals surface area (Å²) in [4.78, 5) is 60.9. The average molecular weight is 864 g/mol. The number of cyclic esters (lactones) is 1.